The zero-order chi connectivity index (χ0) is 16.4. The van der Waals surface area contributed by atoms with Crippen molar-refractivity contribution in [1.29, 1.82) is 0 Å². The SMILES string of the molecule is O=C(O)Nc1ccc(C2=CCN(C3COC3)CC2)c([N+](=O)[O-])c1. The van der Waals surface area contributed by atoms with Crippen LogP contribution in [-0.2, 0) is 4.74 Å². The molecule has 0 aliphatic carbocycles. The van der Waals surface area contributed by atoms with Gasteiger partial charge < -0.3 is 9.84 Å². The van der Waals surface area contributed by atoms with E-state index in [2.05, 4.69) is 10.2 Å². The Labute approximate surface area is 132 Å². The van der Waals surface area contributed by atoms with E-state index in [1.165, 1.54) is 6.07 Å². The molecule has 0 bridgehead atoms. The molecule has 0 aromatic heterocycles. The number of carbonyl (C=O) groups is 1. The maximum absolute atomic E-state index is 11.3. The lowest BCUT2D eigenvalue weighted by molar-refractivity contribution is -0.385. The normalized spacial score (nSPS) is 18.9. The number of nitrogens with one attached hydrogen (secondary N) is 1. The van der Waals surface area contributed by atoms with Crippen molar-refractivity contribution < 1.29 is 19.6 Å². The minimum absolute atomic E-state index is 0.0806. The summed E-state index contributed by atoms with van der Waals surface area (Å²) in [6, 6.07) is 4.86. The van der Waals surface area contributed by atoms with Gasteiger partial charge in [0.1, 0.15) is 0 Å². The zero-order valence-corrected chi connectivity index (χ0v) is 12.4. The molecule has 0 atom stereocenters. The molecule has 2 aliphatic heterocycles. The Morgan fingerprint density at radius 1 is 1.43 bits per heavy atom. The second-order valence-corrected chi connectivity index (χ2v) is 5.58. The molecule has 122 valence electrons. The van der Waals surface area contributed by atoms with Crippen LogP contribution in [0.3, 0.4) is 0 Å². The van der Waals surface area contributed by atoms with Gasteiger partial charge in [-0.15, -0.1) is 0 Å². The van der Waals surface area contributed by atoms with Gasteiger partial charge in [0.15, 0.2) is 0 Å². The zero-order valence-electron chi connectivity index (χ0n) is 12.4. The minimum Gasteiger partial charge on any atom is -0.465 e. The van der Waals surface area contributed by atoms with Crippen LogP contribution >= 0.6 is 0 Å². The maximum Gasteiger partial charge on any atom is 0.409 e. The molecule has 1 aromatic carbocycles. The van der Waals surface area contributed by atoms with Gasteiger partial charge in [0.2, 0.25) is 0 Å². The number of nitrogens with zero attached hydrogens (tertiary/aromatic N) is 2. The number of ether oxygens (including phenoxy) is 1. The molecule has 0 radical (unpaired) electrons. The number of carboxylic acid groups (broad SMARTS) is 1. The molecule has 1 fully saturated rings. The molecule has 23 heavy (non-hydrogen) atoms. The van der Waals surface area contributed by atoms with Gasteiger partial charge in [-0.2, -0.15) is 0 Å². The van der Waals surface area contributed by atoms with Gasteiger partial charge in [-0.25, -0.2) is 4.79 Å². The summed E-state index contributed by atoms with van der Waals surface area (Å²) in [5, 5.41) is 22.2. The maximum atomic E-state index is 11.3. The van der Waals surface area contributed by atoms with Gasteiger partial charge >= 0.3 is 6.09 Å². The molecule has 1 amide bonds. The summed E-state index contributed by atoms with van der Waals surface area (Å²) in [5.41, 5.74) is 1.59. The quantitative estimate of drug-likeness (QED) is 0.651. The highest BCUT2D eigenvalue weighted by molar-refractivity contribution is 5.85. The molecule has 1 saturated heterocycles. The van der Waals surface area contributed by atoms with E-state index in [9.17, 15) is 14.9 Å². The predicted molar refractivity (Wildman–Crippen MR) is 83.5 cm³/mol. The second kappa shape index (κ2) is 6.35. The van der Waals surface area contributed by atoms with Crippen molar-refractivity contribution in [1.82, 2.24) is 4.90 Å². The first kappa shape index (κ1) is 15.4. The number of nitro benzene ring substituents is 1. The Bertz CT molecular complexity index is 669. The standard InChI is InChI=1S/C15H17N3O5/c19-15(20)16-11-1-2-13(14(7-11)18(21)22)10-3-5-17(6-4-10)12-8-23-9-12/h1-3,7,12,16H,4-6,8-9H2,(H,19,20). The summed E-state index contributed by atoms with van der Waals surface area (Å²) in [6.07, 6.45) is 1.49. The van der Waals surface area contributed by atoms with Crippen LogP contribution in [-0.4, -0.2) is 53.4 Å². The van der Waals surface area contributed by atoms with Crippen molar-refractivity contribution in [3.05, 3.63) is 40.0 Å². The summed E-state index contributed by atoms with van der Waals surface area (Å²) >= 11 is 0. The highest BCUT2D eigenvalue weighted by atomic mass is 16.6. The third-order valence-corrected chi connectivity index (χ3v) is 4.17. The largest absolute Gasteiger partial charge is 0.465 e. The fourth-order valence-corrected chi connectivity index (χ4v) is 2.85. The smallest absolute Gasteiger partial charge is 0.409 e. The molecule has 3 rings (SSSR count). The van der Waals surface area contributed by atoms with Crippen LogP contribution in [0.2, 0.25) is 0 Å². The van der Waals surface area contributed by atoms with Crippen LogP contribution in [0, 0.1) is 10.1 Å². The molecular weight excluding hydrogens is 302 g/mol. The number of benzene rings is 1. The summed E-state index contributed by atoms with van der Waals surface area (Å²) in [7, 11) is 0. The Morgan fingerprint density at radius 2 is 2.22 bits per heavy atom. The van der Waals surface area contributed by atoms with Crippen molar-refractivity contribution in [3.63, 3.8) is 0 Å². The van der Waals surface area contributed by atoms with Crippen molar-refractivity contribution >= 4 is 23.0 Å². The lowest BCUT2D eigenvalue weighted by Gasteiger charge is -2.38. The minimum atomic E-state index is -1.25. The number of hydrogen-bond donors (Lipinski definition) is 2. The molecule has 2 heterocycles. The van der Waals surface area contributed by atoms with E-state index in [1.807, 2.05) is 6.08 Å². The van der Waals surface area contributed by atoms with Gasteiger partial charge in [-0.3, -0.25) is 20.3 Å². The number of amides is 1. The third kappa shape index (κ3) is 3.33. The van der Waals surface area contributed by atoms with Gasteiger partial charge in [0.05, 0.1) is 35.4 Å². The lowest BCUT2D eigenvalue weighted by atomic mass is 9.96. The van der Waals surface area contributed by atoms with E-state index in [4.69, 9.17) is 9.84 Å². The van der Waals surface area contributed by atoms with Crippen molar-refractivity contribution in [3.8, 4) is 0 Å². The first-order valence-electron chi connectivity index (χ1n) is 7.34. The first-order chi connectivity index (χ1) is 11.0. The molecule has 0 spiro atoms. The topological polar surface area (TPSA) is 105 Å². The fourth-order valence-electron chi connectivity index (χ4n) is 2.85. The monoisotopic (exact) mass is 319 g/mol. The van der Waals surface area contributed by atoms with Crippen LogP contribution in [0.15, 0.2) is 24.3 Å². The van der Waals surface area contributed by atoms with E-state index in [1.54, 1.807) is 12.1 Å². The van der Waals surface area contributed by atoms with E-state index >= 15 is 0 Å². The van der Waals surface area contributed by atoms with Crippen LogP contribution in [0.4, 0.5) is 16.2 Å². The molecule has 8 heteroatoms. The average Bonchev–Trinajstić information content (AvgIpc) is 2.45. The molecule has 0 unspecified atom stereocenters. The Morgan fingerprint density at radius 3 is 2.74 bits per heavy atom. The Balaban J connectivity index is 1.82. The lowest BCUT2D eigenvalue weighted by Crippen LogP contribution is -2.50. The summed E-state index contributed by atoms with van der Waals surface area (Å²) < 4.78 is 5.19. The van der Waals surface area contributed by atoms with Crippen molar-refractivity contribution in [2.75, 3.05) is 31.6 Å². The third-order valence-electron chi connectivity index (χ3n) is 4.17. The second-order valence-electron chi connectivity index (χ2n) is 5.58. The molecule has 0 saturated carbocycles. The van der Waals surface area contributed by atoms with Gasteiger partial charge in [-0.1, -0.05) is 6.08 Å². The number of anilines is 1. The molecular formula is C15H17N3O5. The Kier molecular flexibility index (Phi) is 4.26. The summed E-state index contributed by atoms with van der Waals surface area (Å²) in [5.74, 6) is 0. The van der Waals surface area contributed by atoms with Crippen molar-refractivity contribution in [2.24, 2.45) is 0 Å². The highest BCUT2D eigenvalue weighted by Gasteiger charge is 2.28. The van der Waals surface area contributed by atoms with E-state index in [-0.39, 0.29) is 11.4 Å². The Hall–Kier alpha value is -2.45. The van der Waals surface area contributed by atoms with E-state index < -0.39 is 11.0 Å². The van der Waals surface area contributed by atoms with E-state index in [0.717, 1.165) is 38.3 Å². The summed E-state index contributed by atoms with van der Waals surface area (Å²) in [4.78, 5) is 23.8. The van der Waals surface area contributed by atoms with Crippen LogP contribution in [0.25, 0.3) is 5.57 Å². The highest BCUT2D eigenvalue weighted by Crippen LogP contribution is 2.33. The predicted octanol–water partition coefficient (Wildman–Crippen LogP) is 2.17. The number of rotatable bonds is 4. The fraction of sp³-hybridized carbons (Fsp3) is 0.400. The van der Waals surface area contributed by atoms with Crippen LogP contribution < -0.4 is 5.32 Å². The average molecular weight is 319 g/mol. The van der Waals surface area contributed by atoms with Gasteiger partial charge in [-0.05, 0) is 24.1 Å². The van der Waals surface area contributed by atoms with Crippen LogP contribution in [0.1, 0.15) is 12.0 Å². The molecule has 2 N–H and O–H groups in total. The molecule has 1 aromatic rings. The first-order valence-corrected chi connectivity index (χ1v) is 7.34. The van der Waals surface area contributed by atoms with Gasteiger partial charge in [0.25, 0.3) is 5.69 Å². The summed E-state index contributed by atoms with van der Waals surface area (Å²) in [6.45, 7) is 3.08. The van der Waals surface area contributed by atoms with E-state index in [0.29, 0.717) is 11.6 Å². The number of hydrogen-bond acceptors (Lipinski definition) is 5. The van der Waals surface area contributed by atoms with Gasteiger partial charge in [0, 0.05) is 19.2 Å². The molecule has 8 nitrogen and oxygen atoms in total. The van der Waals surface area contributed by atoms with Crippen LogP contribution in [0.5, 0.6) is 0 Å². The molecule has 2 aliphatic rings. The van der Waals surface area contributed by atoms with Crippen molar-refractivity contribution in [2.45, 2.75) is 12.5 Å². The number of nitro groups is 1.